The number of aryl methyl sites for hydroxylation is 1. The summed E-state index contributed by atoms with van der Waals surface area (Å²) in [5.74, 6) is -6.12. The Labute approximate surface area is 343 Å². The van der Waals surface area contributed by atoms with Crippen LogP contribution in [-0.4, -0.2) is 35.9 Å². The fourth-order valence-corrected chi connectivity index (χ4v) is 7.30. The van der Waals surface area contributed by atoms with Gasteiger partial charge in [0, 0.05) is 5.02 Å². The van der Waals surface area contributed by atoms with Crippen molar-refractivity contribution in [3.05, 3.63) is 207 Å². The van der Waals surface area contributed by atoms with Crippen LogP contribution in [0, 0.1) is 0 Å². The molecule has 0 amide bonds. The Morgan fingerprint density at radius 2 is 1.09 bits per heavy atom. The summed E-state index contributed by atoms with van der Waals surface area (Å²) in [5.41, 5.74) is 5.87. The minimum absolute atomic E-state index is 0.0477. The van der Waals surface area contributed by atoms with E-state index >= 15 is 8.78 Å². The fourth-order valence-electron chi connectivity index (χ4n) is 7.07. The second-order valence-corrected chi connectivity index (χ2v) is 14.9. The van der Waals surface area contributed by atoms with Gasteiger partial charge in [-0.1, -0.05) is 164 Å². The van der Waals surface area contributed by atoms with Crippen LogP contribution < -0.4 is 4.74 Å². The van der Waals surface area contributed by atoms with Crippen molar-refractivity contribution in [3.63, 3.8) is 0 Å². The van der Waals surface area contributed by atoms with Gasteiger partial charge in [-0.05, 0) is 63.9 Å². The van der Waals surface area contributed by atoms with E-state index in [0.717, 1.165) is 23.1 Å². The molecule has 0 aromatic heterocycles. The van der Waals surface area contributed by atoms with Crippen molar-refractivity contribution in [2.24, 2.45) is 0 Å². The molecule has 6 aromatic rings. The Bertz CT molecular complexity index is 2170. The second kappa shape index (κ2) is 19.2. The molecule has 1 N–H and O–H groups in total. The van der Waals surface area contributed by atoms with Crippen LogP contribution in [0.4, 0.5) is 8.78 Å². The Morgan fingerprint density at radius 3 is 1.62 bits per heavy atom. The van der Waals surface area contributed by atoms with Gasteiger partial charge in [-0.15, -0.1) is 0 Å². The highest BCUT2D eigenvalue weighted by atomic mass is 35.5. The number of ether oxygens (including phenoxy) is 5. The van der Waals surface area contributed by atoms with Gasteiger partial charge in [-0.3, -0.25) is 0 Å². The number of rotatable bonds is 17. The first kappa shape index (κ1) is 41.2. The molecule has 1 heterocycles. The third-order valence-corrected chi connectivity index (χ3v) is 10.7. The minimum Gasteiger partial charge on any atom is -0.488 e. The zero-order valence-electron chi connectivity index (χ0n) is 32.3. The molecule has 6 nitrogen and oxygen atoms in total. The molecule has 6 aromatic carbocycles. The highest BCUT2D eigenvalue weighted by molar-refractivity contribution is 6.31. The molecule has 1 unspecified atom stereocenters. The van der Waals surface area contributed by atoms with Crippen LogP contribution in [0.1, 0.15) is 51.4 Å². The molecule has 0 spiro atoms. The van der Waals surface area contributed by atoms with Gasteiger partial charge in [0.1, 0.15) is 18.5 Å². The van der Waals surface area contributed by atoms with Crippen LogP contribution in [-0.2, 0) is 64.0 Å². The lowest BCUT2D eigenvalue weighted by molar-refractivity contribution is -0.406. The van der Waals surface area contributed by atoms with E-state index in [9.17, 15) is 5.11 Å². The average molecular weight is 805 g/mol. The Kier molecular flexibility index (Phi) is 13.7. The summed E-state index contributed by atoms with van der Waals surface area (Å²) in [6, 6.07) is 48.4. The van der Waals surface area contributed by atoms with Crippen molar-refractivity contribution in [1.82, 2.24) is 0 Å². The zero-order valence-corrected chi connectivity index (χ0v) is 33.1. The van der Waals surface area contributed by atoms with Crippen LogP contribution in [0.2, 0.25) is 5.02 Å². The van der Waals surface area contributed by atoms with Gasteiger partial charge >= 0.3 is 5.92 Å². The van der Waals surface area contributed by atoms with Crippen molar-refractivity contribution in [2.45, 2.75) is 76.2 Å². The predicted molar refractivity (Wildman–Crippen MR) is 221 cm³/mol. The lowest BCUT2D eigenvalue weighted by atomic mass is 9.85. The van der Waals surface area contributed by atoms with E-state index in [1.165, 1.54) is 5.56 Å². The average Bonchev–Trinajstić information content (AvgIpc) is 3.25. The fraction of sp³-hybridized carbons (Fsp3) is 0.265. The summed E-state index contributed by atoms with van der Waals surface area (Å²) in [6.45, 7) is 1.36. The molecule has 0 saturated carbocycles. The van der Waals surface area contributed by atoms with Crippen molar-refractivity contribution in [1.29, 1.82) is 0 Å². The maximum Gasteiger partial charge on any atom is 0.304 e. The van der Waals surface area contributed by atoms with Gasteiger partial charge in [0.25, 0.3) is 0 Å². The van der Waals surface area contributed by atoms with Crippen LogP contribution in [0.5, 0.6) is 5.75 Å². The number of aliphatic hydroxyl groups is 1. The number of alkyl halides is 2. The van der Waals surface area contributed by atoms with E-state index in [1.54, 1.807) is 24.3 Å². The molecule has 9 heteroatoms. The molecule has 300 valence electrons. The maximum atomic E-state index is 17.2. The number of benzene rings is 6. The molecule has 4 atom stereocenters. The summed E-state index contributed by atoms with van der Waals surface area (Å²) in [7, 11) is 0. The summed E-state index contributed by atoms with van der Waals surface area (Å²) < 4.78 is 65.6. The molecule has 7 rings (SSSR count). The number of halogens is 3. The minimum atomic E-state index is -3.71. The molecule has 0 aliphatic carbocycles. The summed E-state index contributed by atoms with van der Waals surface area (Å²) in [5, 5.41) is 13.6. The largest absolute Gasteiger partial charge is 0.488 e. The molecular formula is C49H47ClF2O6. The SMILES string of the molecule is CCc1ccc(Cc2cc(C3(O)O[C@H](COCc4ccccc4)C(F)(F)[C@H](OCc4ccccc4)[C@H]3OCc3ccccc3)c(OCc3ccccc3)cc2Cl)cc1. The van der Waals surface area contributed by atoms with Crippen LogP contribution >= 0.6 is 11.6 Å². The van der Waals surface area contributed by atoms with Crippen LogP contribution in [0.25, 0.3) is 0 Å². The van der Waals surface area contributed by atoms with Crippen LogP contribution in [0.15, 0.2) is 158 Å². The van der Waals surface area contributed by atoms with E-state index in [-0.39, 0.29) is 37.7 Å². The highest BCUT2D eigenvalue weighted by Gasteiger charge is 2.66. The molecule has 1 fully saturated rings. The van der Waals surface area contributed by atoms with Crippen molar-refractivity contribution < 1.29 is 37.6 Å². The predicted octanol–water partition coefficient (Wildman–Crippen LogP) is 10.6. The van der Waals surface area contributed by atoms with E-state index in [1.807, 2.05) is 121 Å². The molecule has 0 radical (unpaired) electrons. The van der Waals surface area contributed by atoms with Crippen molar-refractivity contribution in [3.8, 4) is 5.75 Å². The summed E-state index contributed by atoms with van der Waals surface area (Å²) in [4.78, 5) is 0. The number of hydrogen-bond donors (Lipinski definition) is 1. The van der Waals surface area contributed by atoms with Crippen molar-refractivity contribution >= 4 is 11.6 Å². The first-order valence-electron chi connectivity index (χ1n) is 19.5. The lowest BCUT2D eigenvalue weighted by Crippen LogP contribution is -2.68. The Morgan fingerprint density at radius 1 is 0.603 bits per heavy atom. The molecule has 1 saturated heterocycles. The van der Waals surface area contributed by atoms with Gasteiger partial charge in [0.05, 0.1) is 32.0 Å². The molecular weight excluding hydrogens is 758 g/mol. The molecule has 58 heavy (non-hydrogen) atoms. The Hall–Kier alpha value is -4.93. The van der Waals surface area contributed by atoms with Crippen molar-refractivity contribution in [2.75, 3.05) is 6.61 Å². The number of hydrogen-bond acceptors (Lipinski definition) is 6. The van der Waals surface area contributed by atoms with Gasteiger partial charge < -0.3 is 28.8 Å². The van der Waals surface area contributed by atoms with E-state index in [4.69, 9.17) is 35.3 Å². The summed E-state index contributed by atoms with van der Waals surface area (Å²) in [6.07, 6.45) is -4.48. The Balaban J connectivity index is 1.34. The molecule has 1 aliphatic rings. The standard InChI is InChI=1S/C49H47ClF2O6/c1-2-35-23-25-36(26-24-35)27-41-28-42(44(29-43(41)50)55-31-38-17-9-4-10-18-38)49(53)47(57-33-40-21-13-6-14-22-40)46(56-32-39-19-11-5-12-20-39)48(51,52)45(58-49)34-54-30-37-15-7-3-8-16-37/h3-26,28-29,45-47,53H,2,27,30-34H2,1H3/t45-,46-,47-,49?/m1/s1. The smallest absolute Gasteiger partial charge is 0.304 e. The highest BCUT2D eigenvalue weighted by Crippen LogP contribution is 2.50. The van der Waals surface area contributed by atoms with Gasteiger partial charge in [0.2, 0.25) is 5.79 Å². The first-order valence-corrected chi connectivity index (χ1v) is 19.9. The normalized spacial score (nSPS) is 20.1. The zero-order chi connectivity index (χ0) is 40.4. The molecule has 0 bridgehead atoms. The van der Waals surface area contributed by atoms with E-state index in [0.29, 0.717) is 28.1 Å². The second-order valence-electron chi connectivity index (χ2n) is 14.5. The lowest BCUT2D eigenvalue weighted by Gasteiger charge is -2.50. The summed E-state index contributed by atoms with van der Waals surface area (Å²) >= 11 is 7.00. The first-order chi connectivity index (χ1) is 28.2. The molecule has 1 aliphatic heterocycles. The quantitative estimate of drug-likeness (QED) is 0.0991. The van der Waals surface area contributed by atoms with Gasteiger partial charge in [-0.25, -0.2) is 8.78 Å². The topological polar surface area (TPSA) is 66.4 Å². The van der Waals surface area contributed by atoms with Gasteiger partial charge in [0.15, 0.2) is 12.2 Å². The van der Waals surface area contributed by atoms with E-state index in [2.05, 4.69) is 19.1 Å². The van der Waals surface area contributed by atoms with Crippen LogP contribution in [0.3, 0.4) is 0 Å². The van der Waals surface area contributed by atoms with E-state index < -0.39 is 36.6 Å². The third kappa shape index (κ3) is 10.0. The maximum absolute atomic E-state index is 17.2. The van der Waals surface area contributed by atoms with Gasteiger partial charge in [-0.2, -0.15) is 0 Å². The monoisotopic (exact) mass is 804 g/mol. The third-order valence-electron chi connectivity index (χ3n) is 10.3.